The highest BCUT2D eigenvalue weighted by atomic mass is 16.5. The van der Waals surface area contributed by atoms with Crippen LogP contribution in [0.1, 0.15) is 103 Å². The Kier molecular flexibility index (Phi) is 8.29. The fraction of sp³-hybridized carbons (Fsp3) is 0.724. The first-order chi connectivity index (χ1) is 15.6. The van der Waals surface area contributed by atoms with Crippen LogP contribution in [-0.4, -0.2) is 25.5 Å². The Labute approximate surface area is 200 Å². The molecule has 1 fully saturated rings. The van der Waals surface area contributed by atoms with E-state index in [1.165, 1.54) is 24.0 Å². The molecular weight excluding hydrogens is 412 g/mol. The lowest BCUT2D eigenvalue weighted by Gasteiger charge is -2.33. The molecule has 0 bridgehead atoms. The molecule has 0 aromatic heterocycles. The molecule has 4 atom stereocenters. The number of carbonyl (C=O) groups excluding carboxylic acids is 2. The van der Waals surface area contributed by atoms with Gasteiger partial charge in [0.1, 0.15) is 11.5 Å². The van der Waals surface area contributed by atoms with Gasteiger partial charge in [0.2, 0.25) is 0 Å². The van der Waals surface area contributed by atoms with E-state index in [9.17, 15) is 9.59 Å². The molecule has 1 aromatic carbocycles. The van der Waals surface area contributed by atoms with Crippen molar-refractivity contribution in [2.24, 2.45) is 22.7 Å². The quantitative estimate of drug-likeness (QED) is 0.300. The first-order valence-electron chi connectivity index (χ1n) is 12.9. The zero-order valence-electron chi connectivity index (χ0n) is 21.7. The van der Waals surface area contributed by atoms with Gasteiger partial charge in [-0.15, -0.1) is 0 Å². The van der Waals surface area contributed by atoms with Gasteiger partial charge in [0.25, 0.3) is 0 Å². The summed E-state index contributed by atoms with van der Waals surface area (Å²) in [5, 5.41) is 0. The van der Waals surface area contributed by atoms with Gasteiger partial charge in [0.15, 0.2) is 0 Å². The van der Waals surface area contributed by atoms with Crippen molar-refractivity contribution in [2.75, 3.05) is 13.7 Å². The summed E-state index contributed by atoms with van der Waals surface area (Å²) in [5.41, 5.74) is 2.23. The third-order valence-corrected chi connectivity index (χ3v) is 8.41. The molecular formula is C29H44O4. The lowest BCUT2D eigenvalue weighted by Crippen LogP contribution is -2.29. The van der Waals surface area contributed by atoms with Crippen LogP contribution in [0.5, 0.6) is 5.75 Å². The lowest BCUT2D eigenvalue weighted by atomic mass is 9.70. The minimum absolute atomic E-state index is 0.137. The second-order valence-corrected chi connectivity index (χ2v) is 11.7. The summed E-state index contributed by atoms with van der Waals surface area (Å²) in [4.78, 5) is 25.0. The molecule has 4 heteroatoms. The molecule has 0 spiro atoms. The largest absolute Gasteiger partial charge is 0.497 e. The van der Waals surface area contributed by atoms with Crippen LogP contribution >= 0.6 is 0 Å². The normalized spacial score (nSPS) is 27.3. The highest BCUT2D eigenvalue weighted by molar-refractivity contribution is 5.87. The molecule has 3 rings (SSSR count). The van der Waals surface area contributed by atoms with Gasteiger partial charge in [-0.1, -0.05) is 19.9 Å². The van der Waals surface area contributed by atoms with Crippen molar-refractivity contribution in [3.05, 3.63) is 29.3 Å². The van der Waals surface area contributed by atoms with Gasteiger partial charge in [0, 0.05) is 11.8 Å². The standard InChI is InChI=1S/C29H44O4/c1-20-22(10-7-8-17-33-27(31)28(2,3)4)19-26(30)29(20,5)16-15-21-11-9-12-23-18-24(32-6)13-14-25(21)23/h13-14,18,20-22H,7-12,15-17,19H2,1-6H3/t20-,21-,22-,29+/m1/s1. The average molecular weight is 457 g/mol. The molecule has 4 nitrogen and oxygen atoms in total. The number of ether oxygens (including phenoxy) is 2. The van der Waals surface area contributed by atoms with E-state index in [1.54, 1.807) is 7.11 Å². The number of aryl methyl sites for hydroxylation is 1. The van der Waals surface area contributed by atoms with Crippen molar-refractivity contribution in [2.45, 2.75) is 98.3 Å². The van der Waals surface area contributed by atoms with Crippen molar-refractivity contribution in [3.63, 3.8) is 0 Å². The maximum Gasteiger partial charge on any atom is 0.311 e. The third kappa shape index (κ3) is 6.00. The number of methoxy groups -OCH3 is 1. The van der Waals surface area contributed by atoms with Crippen molar-refractivity contribution in [1.29, 1.82) is 0 Å². The SMILES string of the molecule is COc1ccc2c(c1)CCC[C@@H]2CC[C@]1(C)C(=O)C[C@@H](CCCCOC(=O)C(C)(C)C)[C@H]1C. The Morgan fingerprint density at radius 1 is 1.18 bits per heavy atom. The number of benzene rings is 1. The number of esters is 1. The van der Waals surface area contributed by atoms with E-state index in [1.807, 2.05) is 20.8 Å². The summed E-state index contributed by atoms with van der Waals surface area (Å²) < 4.78 is 10.8. The fourth-order valence-electron chi connectivity index (χ4n) is 5.82. The number of rotatable bonds is 9. The first-order valence-corrected chi connectivity index (χ1v) is 12.9. The van der Waals surface area contributed by atoms with Gasteiger partial charge in [0.05, 0.1) is 19.1 Å². The van der Waals surface area contributed by atoms with Crippen molar-refractivity contribution < 1.29 is 19.1 Å². The summed E-state index contributed by atoms with van der Waals surface area (Å²) in [5.74, 6) is 2.65. The van der Waals surface area contributed by atoms with E-state index in [4.69, 9.17) is 9.47 Å². The lowest BCUT2D eigenvalue weighted by molar-refractivity contribution is -0.153. The van der Waals surface area contributed by atoms with Gasteiger partial charge in [-0.25, -0.2) is 0 Å². The molecule has 1 saturated carbocycles. The number of fused-ring (bicyclic) bond motifs is 1. The minimum atomic E-state index is -0.445. The minimum Gasteiger partial charge on any atom is -0.497 e. The number of hydrogen-bond donors (Lipinski definition) is 0. The number of carbonyl (C=O) groups is 2. The van der Waals surface area contributed by atoms with Gasteiger partial charge in [-0.05, 0) is 113 Å². The maximum absolute atomic E-state index is 13.1. The predicted molar refractivity (Wildman–Crippen MR) is 133 cm³/mol. The van der Waals surface area contributed by atoms with Crippen LogP contribution in [0, 0.1) is 22.7 Å². The van der Waals surface area contributed by atoms with E-state index in [2.05, 4.69) is 32.0 Å². The van der Waals surface area contributed by atoms with Crippen molar-refractivity contribution >= 4 is 11.8 Å². The van der Waals surface area contributed by atoms with E-state index in [0.29, 0.717) is 36.6 Å². The number of unbranched alkanes of at least 4 members (excludes halogenated alkanes) is 1. The molecule has 0 radical (unpaired) electrons. The van der Waals surface area contributed by atoms with Gasteiger partial charge in [-0.3, -0.25) is 9.59 Å². The molecule has 0 amide bonds. The van der Waals surface area contributed by atoms with E-state index < -0.39 is 5.41 Å². The summed E-state index contributed by atoms with van der Waals surface area (Å²) in [6.07, 6.45) is 9.25. The Morgan fingerprint density at radius 2 is 1.94 bits per heavy atom. The van der Waals surface area contributed by atoms with Crippen LogP contribution in [-0.2, 0) is 20.7 Å². The molecule has 184 valence electrons. The van der Waals surface area contributed by atoms with Crippen LogP contribution in [0.4, 0.5) is 0 Å². The van der Waals surface area contributed by atoms with Crippen molar-refractivity contribution in [3.8, 4) is 5.75 Å². The molecule has 0 aliphatic heterocycles. The smallest absolute Gasteiger partial charge is 0.311 e. The molecule has 2 aliphatic carbocycles. The van der Waals surface area contributed by atoms with Crippen LogP contribution in [0.2, 0.25) is 0 Å². The summed E-state index contributed by atoms with van der Waals surface area (Å²) in [6, 6.07) is 6.52. The van der Waals surface area contributed by atoms with Crippen molar-refractivity contribution in [1.82, 2.24) is 0 Å². The third-order valence-electron chi connectivity index (χ3n) is 8.41. The van der Waals surface area contributed by atoms with E-state index in [0.717, 1.165) is 44.3 Å². The average Bonchev–Trinajstić information content (AvgIpc) is 2.99. The second kappa shape index (κ2) is 10.6. The van der Waals surface area contributed by atoms with Gasteiger partial charge < -0.3 is 9.47 Å². The Bertz CT molecular complexity index is 837. The van der Waals surface area contributed by atoms with Gasteiger partial charge >= 0.3 is 5.97 Å². The van der Waals surface area contributed by atoms with Crippen LogP contribution in [0.25, 0.3) is 0 Å². The van der Waals surface area contributed by atoms with Crippen LogP contribution in [0.3, 0.4) is 0 Å². The summed E-state index contributed by atoms with van der Waals surface area (Å²) in [7, 11) is 1.73. The number of hydrogen-bond acceptors (Lipinski definition) is 4. The molecule has 0 N–H and O–H groups in total. The van der Waals surface area contributed by atoms with Crippen LogP contribution < -0.4 is 4.74 Å². The maximum atomic E-state index is 13.1. The Morgan fingerprint density at radius 3 is 2.64 bits per heavy atom. The molecule has 0 saturated heterocycles. The highest BCUT2D eigenvalue weighted by Crippen LogP contribution is 2.50. The van der Waals surface area contributed by atoms with Gasteiger partial charge in [-0.2, -0.15) is 0 Å². The molecule has 1 aromatic rings. The number of ketones is 1. The number of Topliss-reactive ketones (excluding diaryl/α,β-unsaturated/α-hetero) is 1. The Hall–Kier alpha value is -1.84. The zero-order chi connectivity index (χ0) is 24.2. The molecule has 0 heterocycles. The summed E-state index contributed by atoms with van der Waals surface area (Å²) >= 11 is 0. The monoisotopic (exact) mass is 456 g/mol. The Balaban J connectivity index is 1.51. The first kappa shape index (κ1) is 25.8. The molecule has 2 aliphatic rings. The molecule has 0 unspecified atom stereocenters. The topological polar surface area (TPSA) is 52.6 Å². The van der Waals surface area contributed by atoms with E-state index in [-0.39, 0.29) is 11.4 Å². The molecule has 33 heavy (non-hydrogen) atoms. The fourth-order valence-corrected chi connectivity index (χ4v) is 5.82. The summed E-state index contributed by atoms with van der Waals surface area (Å²) in [6.45, 7) is 10.6. The predicted octanol–water partition coefficient (Wildman–Crippen LogP) is 6.89. The van der Waals surface area contributed by atoms with E-state index >= 15 is 0 Å². The zero-order valence-corrected chi connectivity index (χ0v) is 21.7. The van der Waals surface area contributed by atoms with Crippen LogP contribution in [0.15, 0.2) is 18.2 Å². The highest BCUT2D eigenvalue weighted by Gasteiger charge is 2.48. The second-order valence-electron chi connectivity index (χ2n) is 11.7.